The van der Waals surface area contributed by atoms with Crippen molar-refractivity contribution in [3.8, 4) is 17.1 Å². The highest BCUT2D eigenvalue weighted by Crippen LogP contribution is 2.34. The van der Waals surface area contributed by atoms with Gasteiger partial charge in [-0.15, -0.1) is 0 Å². The Balaban J connectivity index is 1.54. The number of halogens is 2. The fraction of sp³-hybridized carbons (Fsp3) is 0.192. The molecule has 37 heavy (non-hydrogen) atoms. The van der Waals surface area contributed by atoms with Crippen LogP contribution >= 0.6 is 11.6 Å². The number of rotatable bonds is 7. The summed E-state index contributed by atoms with van der Waals surface area (Å²) in [4.78, 5) is 25.4. The SMILES string of the molecule is [2H]C([2H])([2H])[C@H](NC(=O)c1cocn1)c1cc(F)cc(Cl)c1COc1cccc2c(-c3ncnn3C)cc(C)nc12. The Morgan fingerprint density at radius 1 is 1.32 bits per heavy atom. The lowest BCUT2D eigenvalue weighted by Gasteiger charge is -2.20. The minimum Gasteiger partial charge on any atom is -0.487 e. The number of hydrogen-bond donors (Lipinski definition) is 1. The molecule has 188 valence electrons. The van der Waals surface area contributed by atoms with Crippen molar-refractivity contribution in [2.45, 2.75) is 26.4 Å². The first kappa shape index (κ1) is 20.8. The number of fused-ring (bicyclic) bond motifs is 1. The summed E-state index contributed by atoms with van der Waals surface area (Å²) in [6, 6.07) is 7.70. The van der Waals surface area contributed by atoms with E-state index >= 15 is 0 Å². The van der Waals surface area contributed by atoms with E-state index in [4.69, 9.17) is 24.9 Å². The number of carbonyl (C=O) groups excluding carboxylic acids is 1. The van der Waals surface area contributed by atoms with Crippen LogP contribution < -0.4 is 10.1 Å². The average Bonchev–Trinajstić information content (AvgIpc) is 3.57. The zero-order chi connectivity index (χ0) is 28.6. The van der Waals surface area contributed by atoms with Crippen LogP contribution in [0.4, 0.5) is 4.39 Å². The molecule has 0 aliphatic carbocycles. The van der Waals surface area contributed by atoms with E-state index in [2.05, 4.69) is 25.4 Å². The van der Waals surface area contributed by atoms with Crippen LogP contribution in [0.2, 0.25) is 5.02 Å². The van der Waals surface area contributed by atoms with Crippen molar-refractivity contribution in [2.24, 2.45) is 7.05 Å². The number of amides is 1. The van der Waals surface area contributed by atoms with E-state index in [1.54, 1.807) is 23.9 Å². The second-order valence-electron chi connectivity index (χ2n) is 8.19. The summed E-state index contributed by atoms with van der Waals surface area (Å²) in [5.41, 5.74) is 2.03. The van der Waals surface area contributed by atoms with Gasteiger partial charge in [0.05, 0.1) is 11.1 Å². The van der Waals surface area contributed by atoms with Crippen molar-refractivity contribution in [1.29, 1.82) is 0 Å². The lowest BCUT2D eigenvalue weighted by atomic mass is 10.0. The van der Waals surface area contributed by atoms with Gasteiger partial charge in [0.1, 0.15) is 36.3 Å². The Labute approximate surface area is 220 Å². The number of nitrogens with zero attached hydrogens (tertiary/aromatic N) is 5. The molecular formula is C26H22ClFN6O3. The van der Waals surface area contributed by atoms with Gasteiger partial charge in [0.25, 0.3) is 5.91 Å². The first-order valence-electron chi connectivity index (χ1n) is 12.6. The summed E-state index contributed by atoms with van der Waals surface area (Å²) in [6.45, 7) is -1.17. The predicted molar refractivity (Wildman–Crippen MR) is 135 cm³/mol. The molecule has 0 saturated carbocycles. The van der Waals surface area contributed by atoms with Crippen LogP contribution in [-0.2, 0) is 13.7 Å². The Hall–Kier alpha value is -4.31. The minimum atomic E-state index is -2.77. The van der Waals surface area contributed by atoms with E-state index in [0.29, 0.717) is 22.8 Å². The fourth-order valence-corrected chi connectivity index (χ4v) is 4.25. The van der Waals surface area contributed by atoms with Gasteiger partial charge in [-0.25, -0.2) is 24.0 Å². The van der Waals surface area contributed by atoms with Crippen molar-refractivity contribution in [1.82, 2.24) is 30.0 Å². The first-order valence-corrected chi connectivity index (χ1v) is 11.4. The van der Waals surface area contributed by atoms with Gasteiger partial charge in [-0.1, -0.05) is 23.7 Å². The number of aromatic nitrogens is 5. The predicted octanol–water partition coefficient (Wildman–Crippen LogP) is 5.19. The normalized spacial score (nSPS) is 13.6. The molecule has 1 amide bonds. The summed E-state index contributed by atoms with van der Waals surface area (Å²) >= 11 is 6.41. The monoisotopic (exact) mass is 523 g/mol. The van der Waals surface area contributed by atoms with Crippen molar-refractivity contribution in [3.05, 3.63) is 88.7 Å². The van der Waals surface area contributed by atoms with Gasteiger partial charge in [0.15, 0.2) is 17.9 Å². The highest BCUT2D eigenvalue weighted by molar-refractivity contribution is 6.31. The van der Waals surface area contributed by atoms with E-state index in [0.717, 1.165) is 35.7 Å². The smallest absolute Gasteiger partial charge is 0.273 e. The van der Waals surface area contributed by atoms with Gasteiger partial charge in [0, 0.05) is 33.4 Å². The molecule has 0 bridgehead atoms. The lowest BCUT2D eigenvalue weighted by molar-refractivity contribution is 0.0934. The number of oxazole rings is 1. The molecule has 5 aromatic rings. The molecular weight excluding hydrogens is 499 g/mol. The molecule has 0 aliphatic heterocycles. The molecule has 11 heteroatoms. The number of hydrogen-bond acceptors (Lipinski definition) is 7. The molecule has 3 aromatic heterocycles. The van der Waals surface area contributed by atoms with Crippen molar-refractivity contribution in [2.75, 3.05) is 0 Å². The first-order chi connectivity index (χ1) is 19.0. The molecule has 0 unspecified atom stereocenters. The van der Waals surface area contributed by atoms with Crippen molar-refractivity contribution >= 4 is 28.4 Å². The highest BCUT2D eigenvalue weighted by Gasteiger charge is 2.21. The van der Waals surface area contributed by atoms with Crippen LogP contribution in [-0.4, -0.2) is 30.6 Å². The molecule has 2 aromatic carbocycles. The van der Waals surface area contributed by atoms with E-state index < -0.39 is 24.6 Å². The van der Waals surface area contributed by atoms with Crippen LogP contribution in [0.1, 0.15) is 44.3 Å². The van der Waals surface area contributed by atoms with Gasteiger partial charge >= 0.3 is 0 Å². The molecule has 0 fully saturated rings. The topological polar surface area (TPSA) is 108 Å². The summed E-state index contributed by atoms with van der Waals surface area (Å²) in [5.74, 6) is -0.565. The van der Waals surface area contributed by atoms with E-state index in [1.165, 1.54) is 6.33 Å². The molecule has 1 atom stereocenters. The van der Waals surface area contributed by atoms with Gasteiger partial charge in [-0.3, -0.25) is 4.79 Å². The van der Waals surface area contributed by atoms with Gasteiger partial charge in [0.2, 0.25) is 0 Å². The number of benzene rings is 2. The third-order valence-electron chi connectivity index (χ3n) is 5.70. The number of carbonyl (C=O) groups is 1. The van der Waals surface area contributed by atoms with Crippen molar-refractivity contribution in [3.63, 3.8) is 0 Å². The Bertz CT molecular complexity index is 1710. The van der Waals surface area contributed by atoms with E-state index in [9.17, 15) is 9.18 Å². The average molecular weight is 524 g/mol. The summed E-state index contributed by atoms with van der Waals surface area (Å²) in [6.07, 6.45) is 3.56. The zero-order valence-corrected chi connectivity index (χ0v) is 20.5. The molecule has 9 nitrogen and oxygen atoms in total. The maximum Gasteiger partial charge on any atom is 0.273 e. The fourth-order valence-electron chi connectivity index (χ4n) is 3.98. The number of ether oxygens (including phenoxy) is 1. The Morgan fingerprint density at radius 2 is 2.19 bits per heavy atom. The van der Waals surface area contributed by atoms with Crippen LogP contribution in [0, 0.1) is 12.7 Å². The van der Waals surface area contributed by atoms with Crippen LogP contribution in [0.5, 0.6) is 5.75 Å². The number of pyridine rings is 1. The van der Waals surface area contributed by atoms with Crippen LogP contribution in [0.15, 0.2) is 59.8 Å². The highest BCUT2D eigenvalue weighted by atomic mass is 35.5. The second kappa shape index (κ2) is 9.98. The third-order valence-corrected chi connectivity index (χ3v) is 6.04. The quantitative estimate of drug-likeness (QED) is 0.313. The summed E-state index contributed by atoms with van der Waals surface area (Å²) in [5, 5.41) is 7.24. The Morgan fingerprint density at radius 3 is 2.92 bits per heavy atom. The van der Waals surface area contributed by atoms with Gasteiger partial charge < -0.3 is 14.5 Å². The molecule has 3 heterocycles. The number of para-hydroxylation sites is 1. The number of aryl methyl sites for hydroxylation is 2. The van der Waals surface area contributed by atoms with Crippen LogP contribution in [0.25, 0.3) is 22.3 Å². The third kappa shape index (κ3) is 4.88. The lowest BCUT2D eigenvalue weighted by Crippen LogP contribution is -2.28. The Kier molecular flexibility index (Phi) is 5.62. The zero-order valence-electron chi connectivity index (χ0n) is 22.7. The maximum absolute atomic E-state index is 14.5. The summed E-state index contributed by atoms with van der Waals surface area (Å²) < 4.78 is 51.3. The molecule has 0 spiro atoms. The molecule has 5 rings (SSSR count). The molecule has 0 aliphatic rings. The summed E-state index contributed by atoms with van der Waals surface area (Å²) in [7, 11) is 1.78. The van der Waals surface area contributed by atoms with Gasteiger partial charge in [-0.2, -0.15) is 5.10 Å². The molecule has 0 radical (unpaired) electrons. The molecule has 1 N–H and O–H groups in total. The minimum absolute atomic E-state index is 0.0639. The van der Waals surface area contributed by atoms with E-state index in [1.807, 2.05) is 19.1 Å². The molecule has 0 saturated heterocycles. The standard InChI is InChI=1S/C26H22ClFN6O3/c1-14-7-19(25-29-12-31-34(25)3)17-5-4-6-23(24(17)32-14)37-10-20-18(8-16(28)9-21(20)27)15(2)33-26(35)22-11-36-13-30-22/h4-9,11-13,15H,10H2,1-3H3,(H,33,35)/t15-/m0/s1/i2D3. The van der Waals surface area contributed by atoms with E-state index in [-0.39, 0.29) is 28.5 Å². The largest absolute Gasteiger partial charge is 0.487 e. The van der Waals surface area contributed by atoms with Crippen LogP contribution in [0.3, 0.4) is 0 Å². The second-order valence-corrected chi connectivity index (χ2v) is 8.60. The van der Waals surface area contributed by atoms with Crippen molar-refractivity contribution < 1.29 is 22.5 Å². The van der Waals surface area contributed by atoms with Gasteiger partial charge in [-0.05, 0) is 43.6 Å². The maximum atomic E-state index is 14.5. The number of nitrogens with one attached hydrogen (secondary N) is 1.